The van der Waals surface area contributed by atoms with E-state index in [1.54, 1.807) is 20.8 Å². The van der Waals surface area contributed by atoms with E-state index in [4.69, 9.17) is 9.84 Å². The summed E-state index contributed by atoms with van der Waals surface area (Å²) in [5.41, 5.74) is -0.639. The van der Waals surface area contributed by atoms with Gasteiger partial charge in [-0.25, -0.2) is 4.79 Å². The highest BCUT2D eigenvalue weighted by Crippen LogP contribution is 2.41. The fourth-order valence-corrected chi connectivity index (χ4v) is 2.43. The Bertz CT molecular complexity index is 343. The monoisotopic (exact) mass is 257 g/mol. The minimum Gasteiger partial charge on any atom is -0.481 e. The number of hydrogen-bond acceptors (Lipinski definition) is 3. The molecule has 1 amide bonds. The van der Waals surface area contributed by atoms with Crippen molar-refractivity contribution < 1.29 is 19.4 Å². The van der Waals surface area contributed by atoms with E-state index in [0.29, 0.717) is 12.8 Å². The molecule has 0 spiro atoms. The predicted octanol–water partition coefficient (Wildman–Crippen LogP) is 2.40. The fourth-order valence-electron chi connectivity index (χ4n) is 2.43. The largest absolute Gasteiger partial charge is 0.481 e. The van der Waals surface area contributed by atoms with Crippen LogP contribution in [0, 0.1) is 11.3 Å². The molecule has 0 aromatic heterocycles. The second-order valence-electron chi connectivity index (χ2n) is 6.77. The van der Waals surface area contributed by atoms with Crippen molar-refractivity contribution >= 4 is 12.1 Å². The molecule has 1 saturated carbocycles. The Hall–Kier alpha value is -1.26. The maximum atomic E-state index is 11.7. The molecule has 104 valence electrons. The highest BCUT2D eigenvalue weighted by molar-refractivity contribution is 5.74. The SMILES string of the molecule is CC1(C)C[C@@H](NC(=O)OC(C)(C)C)[C@H](C(=O)O)C1. The van der Waals surface area contributed by atoms with E-state index in [1.165, 1.54) is 0 Å². The first kappa shape index (κ1) is 14.8. The van der Waals surface area contributed by atoms with Crippen LogP contribution < -0.4 is 5.32 Å². The summed E-state index contributed by atoms with van der Waals surface area (Å²) >= 11 is 0. The number of carboxylic acids is 1. The summed E-state index contributed by atoms with van der Waals surface area (Å²) in [6.07, 6.45) is 0.683. The van der Waals surface area contributed by atoms with Crippen molar-refractivity contribution in [3.63, 3.8) is 0 Å². The highest BCUT2D eigenvalue weighted by Gasteiger charge is 2.44. The summed E-state index contributed by atoms with van der Waals surface area (Å²) in [6.45, 7) is 9.36. The molecule has 1 fully saturated rings. The molecular formula is C13H23NO4. The van der Waals surface area contributed by atoms with Crippen LogP contribution in [0.15, 0.2) is 0 Å². The Morgan fingerprint density at radius 1 is 1.28 bits per heavy atom. The van der Waals surface area contributed by atoms with E-state index in [0.717, 1.165) is 0 Å². The van der Waals surface area contributed by atoms with Crippen molar-refractivity contribution in [2.45, 2.75) is 59.1 Å². The third-order valence-corrected chi connectivity index (χ3v) is 3.05. The van der Waals surface area contributed by atoms with Crippen LogP contribution in [0.1, 0.15) is 47.5 Å². The average Bonchev–Trinajstić information content (AvgIpc) is 2.37. The number of amides is 1. The standard InChI is InChI=1S/C13H23NO4/c1-12(2,3)18-11(17)14-9-7-13(4,5)6-8(9)10(15)16/h8-9H,6-7H2,1-5H3,(H,14,17)(H,15,16)/t8-,9-/m1/s1. The summed E-state index contributed by atoms with van der Waals surface area (Å²) in [5.74, 6) is -1.39. The van der Waals surface area contributed by atoms with Gasteiger partial charge in [-0.2, -0.15) is 0 Å². The Morgan fingerprint density at radius 2 is 1.83 bits per heavy atom. The van der Waals surface area contributed by atoms with Gasteiger partial charge in [0, 0.05) is 6.04 Å². The molecule has 0 aromatic rings. The second kappa shape index (κ2) is 4.78. The normalized spacial score (nSPS) is 26.7. The molecule has 0 radical (unpaired) electrons. The van der Waals surface area contributed by atoms with Gasteiger partial charge >= 0.3 is 12.1 Å². The van der Waals surface area contributed by atoms with E-state index in [9.17, 15) is 9.59 Å². The number of aliphatic carboxylic acids is 1. The minimum atomic E-state index is -0.860. The molecule has 0 bridgehead atoms. The molecule has 5 nitrogen and oxygen atoms in total. The lowest BCUT2D eigenvalue weighted by molar-refractivity contribution is -0.142. The van der Waals surface area contributed by atoms with E-state index in [-0.39, 0.29) is 11.5 Å². The molecule has 0 aliphatic heterocycles. The van der Waals surface area contributed by atoms with Gasteiger partial charge in [0.1, 0.15) is 5.60 Å². The van der Waals surface area contributed by atoms with E-state index in [1.807, 2.05) is 13.8 Å². The number of hydrogen-bond donors (Lipinski definition) is 2. The van der Waals surface area contributed by atoms with Gasteiger partial charge in [0.15, 0.2) is 0 Å². The molecule has 18 heavy (non-hydrogen) atoms. The van der Waals surface area contributed by atoms with Gasteiger partial charge < -0.3 is 15.2 Å². The van der Waals surface area contributed by atoms with Gasteiger partial charge in [-0.15, -0.1) is 0 Å². The first-order valence-electron chi connectivity index (χ1n) is 6.22. The Balaban J connectivity index is 2.65. The number of carboxylic acid groups (broad SMARTS) is 1. The molecular weight excluding hydrogens is 234 g/mol. The number of ether oxygens (including phenoxy) is 1. The maximum Gasteiger partial charge on any atom is 0.407 e. The minimum absolute atomic E-state index is 0.0667. The van der Waals surface area contributed by atoms with Crippen molar-refractivity contribution in [1.29, 1.82) is 0 Å². The van der Waals surface area contributed by atoms with Crippen LogP contribution in [0.5, 0.6) is 0 Å². The predicted molar refractivity (Wildman–Crippen MR) is 67.3 cm³/mol. The third-order valence-electron chi connectivity index (χ3n) is 3.05. The lowest BCUT2D eigenvalue weighted by atomic mass is 9.90. The summed E-state index contributed by atoms with van der Waals surface area (Å²) in [6, 6.07) is -0.354. The Morgan fingerprint density at radius 3 is 2.28 bits per heavy atom. The van der Waals surface area contributed by atoms with Crippen LogP contribution >= 0.6 is 0 Å². The lowest BCUT2D eigenvalue weighted by Crippen LogP contribution is -2.42. The summed E-state index contributed by atoms with van der Waals surface area (Å²) in [7, 11) is 0. The smallest absolute Gasteiger partial charge is 0.407 e. The van der Waals surface area contributed by atoms with E-state index < -0.39 is 23.6 Å². The number of rotatable bonds is 2. The lowest BCUT2D eigenvalue weighted by Gasteiger charge is -2.23. The Kier molecular flexibility index (Phi) is 3.93. The number of carbonyl (C=O) groups is 2. The van der Waals surface area contributed by atoms with Gasteiger partial charge in [-0.05, 0) is 39.0 Å². The van der Waals surface area contributed by atoms with Crippen molar-refractivity contribution in [3.05, 3.63) is 0 Å². The van der Waals surface area contributed by atoms with Crippen LogP contribution in [-0.2, 0) is 9.53 Å². The second-order valence-corrected chi connectivity index (χ2v) is 6.77. The van der Waals surface area contributed by atoms with Crippen LogP contribution in [0.2, 0.25) is 0 Å². The van der Waals surface area contributed by atoms with Crippen LogP contribution in [-0.4, -0.2) is 28.8 Å². The zero-order chi connectivity index (χ0) is 14.1. The van der Waals surface area contributed by atoms with Gasteiger partial charge in [-0.3, -0.25) is 4.79 Å². The molecule has 0 unspecified atom stereocenters. The first-order chi connectivity index (χ1) is 8.00. The van der Waals surface area contributed by atoms with Gasteiger partial charge in [-0.1, -0.05) is 13.8 Å². The summed E-state index contributed by atoms with van der Waals surface area (Å²) in [5, 5.41) is 11.8. The fraction of sp³-hybridized carbons (Fsp3) is 0.846. The first-order valence-corrected chi connectivity index (χ1v) is 6.22. The van der Waals surface area contributed by atoms with Crippen LogP contribution in [0.25, 0.3) is 0 Å². The molecule has 5 heteroatoms. The van der Waals surface area contributed by atoms with Crippen molar-refractivity contribution in [1.82, 2.24) is 5.32 Å². The van der Waals surface area contributed by atoms with E-state index in [2.05, 4.69) is 5.32 Å². The molecule has 0 saturated heterocycles. The van der Waals surface area contributed by atoms with Crippen LogP contribution in [0.4, 0.5) is 4.79 Å². The van der Waals surface area contributed by atoms with Crippen molar-refractivity contribution in [2.24, 2.45) is 11.3 Å². The van der Waals surface area contributed by atoms with Gasteiger partial charge in [0.05, 0.1) is 5.92 Å². The molecule has 0 aromatic carbocycles. The van der Waals surface area contributed by atoms with E-state index >= 15 is 0 Å². The molecule has 2 atom stereocenters. The number of nitrogens with one attached hydrogen (secondary N) is 1. The van der Waals surface area contributed by atoms with Crippen LogP contribution in [0.3, 0.4) is 0 Å². The topological polar surface area (TPSA) is 75.6 Å². The third kappa shape index (κ3) is 4.20. The molecule has 0 heterocycles. The molecule has 1 rings (SSSR count). The quantitative estimate of drug-likeness (QED) is 0.796. The van der Waals surface area contributed by atoms with Crippen molar-refractivity contribution in [3.8, 4) is 0 Å². The number of alkyl carbamates (subject to hydrolysis) is 1. The summed E-state index contributed by atoms with van der Waals surface area (Å²) < 4.78 is 5.15. The molecule has 1 aliphatic rings. The van der Waals surface area contributed by atoms with Gasteiger partial charge in [0.25, 0.3) is 0 Å². The maximum absolute atomic E-state index is 11.7. The summed E-state index contributed by atoms with van der Waals surface area (Å²) in [4.78, 5) is 22.8. The molecule has 2 N–H and O–H groups in total. The molecule has 1 aliphatic carbocycles. The zero-order valence-electron chi connectivity index (χ0n) is 11.7. The zero-order valence-corrected chi connectivity index (χ0v) is 11.7. The van der Waals surface area contributed by atoms with Gasteiger partial charge in [0.2, 0.25) is 0 Å². The van der Waals surface area contributed by atoms with Crippen molar-refractivity contribution in [2.75, 3.05) is 0 Å². The average molecular weight is 257 g/mol. The number of carbonyl (C=O) groups excluding carboxylic acids is 1. The highest BCUT2D eigenvalue weighted by atomic mass is 16.6. The Labute approximate surface area is 108 Å².